The van der Waals surface area contributed by atoms with Crippen molar-refractivity contribution in [2.45, 2.75) is 32.6 Å². The molecule has 1 saturated heterocycles. The first-order valence-corrected chi connectivity index (χ1v) is 9.08. The van der Waals surface area contributed by atoms with Gasteiger partial charge in [0.15, 0.2) is 6.61 Å². The van der Waals surface area contributed by atoms with Crippen LogP contribution in [0.15, 0.2) is 18.2 Å². The average Bonchev–Trinajstić information content (AvgIpc) is 2.91. The van der Waals surface area contributed by atoms with Crippen molar-refractivity contribution in [3.05, 3.63) is 39.4 Å². The van der Waals surface area contributed by atoms with Gasteiger partial charge >= 0.3 is 5.97 Å². The lowest BCUT2D eigenvalue weighted by molar-refractivity contribution is -0.385. The zero-order chi connectivity index (χ0) is 20.4. The van der Waals surface area contributed by atoms with E-state index in [9.17, 15) is 29.3 Å². The van der Waals surface area contributed by atoms with Gasteiger partial charge in [0.05, 0.1) is 16.8 Å². The minimum atomic E-state index is -0.865. The van der Waals surface area contributed by atoms with Crippen LogP contribution >= 0.6 is 0 Å². The summed E-state index contributed by atoms with van der Waals surface area (Å²) in [6, 6.07) is 3.98. The highest BCUT2D eigenvalue weighted by Gasteiger charge is 2.48. The van der Waals surface area contributed by atoms with Crippen LogP contribution in [0.2, 0.25) is 0 Å². The molecule has 0 unspecified atom stereocenters. The molecule has 0 spiro atoms. The summed E-state index contributed by atoms with van der Waals surface area (Å²) >= 11 is 0. The van der Waals surface area contributed by atoms with Crippen molar-refractivity contribution in [1.29, 1.82) is 0 Å². The highest BCUT2D eigenvalue weighted by molar-refractivity contribution is 6.07. The number of carbonyl (C=O) groups is 4. The van der Waals surface area contributed by atoms with Gasteiger partial charge in [-0.1, -0.05) is 25.0 Å². The first kappa shape index (κ1) is 19.7. The van der Waals surface area contributed by atoms with Crippen molar-refractivity contribution < 1.29 is 28.8 Å². The zero-order valence-corrected chi connectivity index (χ0v) is 15.4. The molecule has 1 heterocycles. The van der Waals surface area contributed by atoms with Gasteiger partial charge in [0.1, 0.15) is 6.54 Å². The minimum Gasteiger partial charge on any atom is -0.456 e. The Hall–Kier alpha value is -3.10. The third kappa shape index (κ3) is 3.78. The fourth-order valence-electron chi connectivity index (χ4n) is 3.77. The number of imide groups is 1. The maximum Gasteiger partial charge on any atom is 0.326 e. The van der Waals surface area contributed by atoms with E-state index in [2.05, 4.69) is 0 Å². The van der Waals surface area contributed by atoms with Crippen LogP contribution in [0.25, 0.3) is 0 Å². The predicted octanol–water partition coefficient (Wildman–Crippen LogP) is 1.80. The first-order chi connectivity index (χ1) is 13.3. The minimum absolute atomic E-state index is 0.0458. The van der Waals surface area contributed by atoms with Gasteiger partial charge in [-0.3, -0.25) is 34.2 Å². The number of nitro groups is 1. The molecular weight excluding hydrogens is 368 g/mol. The van der Waals surface area contributed by atoms with E-state index in [1.165, 1.54) is 12.1 Å². The Kier molecular flexibility index (Phi) is 5.53. The SMILES string of the molecule is Cc1ccc(C(=O)COC(=O)CN2C(=O)[C@H]3CCCC[C@H]3C2=O)cc1[N+](=O)[O-]. The molecule has 0 radical (unpaired) electrons. The molecule has 9 heteroatoms. The summed E-state index contributed by atoms with van der Waals surface area (Å²) in [5, 5.41) is 11.0. The molecule has 1 aromatic carbocycles. The second-order valence-corrected chi connectivity index (χ2v) is 7.10. The van der Waals surface area contributed by atoms with E-state index in [0.29, 0.717) is 18.4 Å². The maximum atomic E-state index is 12.3. The number of ketones is 1. The molecule has 0 aromatic heterocycles. The van der Waals surface area contributed by atoms with Gasteiger partial charge in [-0.05, 0) is 19.8 Å². The second kappa shape index (κ2) is 7.87. The number of hydrogen-bond acceptors (Lipinski definition) is 7. The monoisotopic (exact) mass is 388 g/mol. The lowest BCUT2D eigenvalue weighted by Crippen LogP contribution is -2.37. The van der Waals surface area contributed by atoms with Gasteiger partial charge in [0.2, 0.25) is 17.6 Å². The van der Waals surface area contributed by atoms with Crippen molar-refractivity contribution in [3.8, 4) is 0 Å². The molecule has 9 nitrogen and oxygen atoms in total. The van der Waals surface area contributed by atoms with E-state index in [0.717, 1.165) is 23.8 Å². The molecule has 0 N–H and O–H groups in total. The van der Waals surface area contributed by atoms with E-state index >= 15 is 0 Å². The number of amides is 2. The lowest BCUT2D eigenvalue weighted by Gasteiger charge is -2.19. The molecule has 148 valence electrons. The van der Waals surface area contributed by atoms with Crippen molar-refractivity contribution in [2.24, 2.45) is 11.8 Å². The number of esters is 1. The van der Waals surface area contributed by atoms with Crippen LogP contribution in [0.4, 0.5) is 5.69 Å². The highest BCUT2D eigenvalue weighted by Crippen LogP contribution is 2.37. The van der Waals surface area contributed by atoms with E-state index in [-0.39, 0.29) is 34.9 Å². The standard InChI is InChI=1S/C19H20N2O7/c1-11-6-7-12(8-15(11)21(26)27)16(22)10-28-17(23)9-20-18(24)13-4-2-3-5-14(13)19(20)25/h6-8,13-14H,2-5,9-10H2,1H3/t13-,14+. The molecule has 1 saturated carbocycles. The number of aryl methyl sites for hydroxylation is 1. The molecule has 2 fully saturated rings. The zero-order valence-electron chi connectivity index (χ0n) is 15.4. The van der Waals surface area contributed by atoms with E-state index in [1.807, 2.05) is 0 Å². The maximum absolute atomic E-state index is 12.3. The fraction of sp³-hybridized carbons (Fsp3) is 0.474. The number of Topliss-reactive ketones (excluding diaryl/α,β-unsaturated/α-hetero) is 1. The Balaban J connectivity index is 1.58. The van der Waals surface area contributed by atoms with Gasteiger partial charge in [-0.2, -0.15) is 0 Å². The van der Waals surface area contributed by atoms with Gasteiger partial charge in [0.25, 0.3) is 5.69 Å². The summed E-state index contributed by atoms with van der Waals surface area (Å²) in [5.74, 6) is -2.90. The van der Waals surface area contributed by atoms with Crippen LogP contribution in [0.3, 0.4) is 0 Å². The van der Waals surface area contributed by atoms with E-state index in [1.54, 1.807) is 6.92 Å². The van der Waals surface area contributed by atoms with Crippen LogP contribution in [-0.2, 0) is 19.1 Å². The number of benzene rings is 1. The predicted molar refractivity (Wildman–Crippen MR) is 95.3 cm³/mol. The van der Waals surface area contributed by atoms with E-state index in [4.69, 9.17) is 4.74 Å². The quantitative estimate of drug-likeness (QED) is 0.239. The number of nitro benzene ring substituents is 1. The molecule has 3 rings (SSSR count). The van der Waals surface area contributed by atoms with Crippen LogP contribution in [0.5, 0.6) is 0 Å². The largest absolute Gasteiger partial charge is 0.456 e. The topological polar surface area (TPSA) is 124 Å². The summed E-state index contributed by atoms with van der Waals surface area (Å²) in [6.07, 6.45) is 3.06. The Morgan fingerprint density at radius 3 is 2.36 bits per heavy atom. The van der Waals surface area contributed by atoms with Crippen LogP contribution in [0, 0.1) is 28.9 Å². The molecule has 1 aliphatic carbocycles. The molecule has 0 bridgehead atoms. The number of likely N-dealkylation sites (tertiary alicyclic amines) is 1. The average molecular weight is 388 g/mol. The Morgan fingerprint density at radius 2 is 1.79 bits per heavy atom. The number of rotatable bonds is 6. The molecule has 2 aliphatic rings. The van der Waals surface area contributed by atoms with Crippen molar-refractivity contribution in [3.63, 3.8) is 0 Å². The van der Waals surface area contributed by atoms with Crippen LogP contribution in [0.1, 0.15) is 41.6 Å². The van der Waals surface area contributed by atoms with Crippen molar-refractivity contribution in [2.75, 3.05) is 13.2 Å². The molecule has 2 atom stereocenters. The van der Waals surface area contributed by atoms with E-state index < -0.39 is 29.8 Å². The Bertz CT molecular complexity index is 840. The molecule has 28 heavy (non-hydrogen) atoms. The summed E-state index contributed by atoms with van der Waals surface area (Å²) in [5.41, 5.74) is 0.253. The van der Waals surface area contributed by atoms with Crippen molar-refractivity contribution in [1.82, 2.24) is 4.90 Å². The number of ether oxygens (including phenoxy) is 1. The van der Waals surface area contributed by atoms with Gasteiger partial charge in [0, 0.05) is 17.2 Å². The number of carbonyl (C=O) groups excluding carboxylic acids is 4. The number of fused-ring (bicyclic) bond motifs is 1. The van der Waals surface area contributed by atoms with Gasteiger partial charge < -0.3 is 4.74 Å². The van der Waals surface area contributed by atoms with Gasteiger partial charge in [-0.25, -0.2) is 0 Å². The lowest BCUT2D eigenvalue weighted by atomic mass is 9.81. The second-order valence-electron chi connectivity index (χ2n) is 7.10. The Morgan fingerprint density at radius 1 is 1.18 bits per heavy atom. The molecule has 1 aromatic rings. The summed E-state index contributed by atoms with van der Waals surface area (Å²) in [4.78, 5) is 60.2. The normalized spacial score (nSPS) is 21.4. The Labute approximate surface area is 160 Å². The molecule has 2 amide bonds. The number of nitrogens with zero attached hydrogens (tertiary/aromatic N) is 2. The third-order valence-corrected chi connectivity index (χ3v) is 5.31. The van der Waals surface area contributed by atoms with Crippen molar-refractivity contribution >= 4 is 29.3 Å². The molecular formula is C19H20N2O7. The first-order valence-electron chi connectivity index (χ1n) is 9.08. The fourth-order valence-corrected chi connectivity index (χ4v) is 3.77. The van der Waals surface area contributed by atoms with Crippen LogP contribution in [-0.4, -0.2) is 46.5 Å². The van der Waals surface area contributed by atoms with Gasteiger partial charge in [-0.15, -0.1) is 0 Å². The number of hydrogen-bond donors (Lipinski definition) is 0. The summed E-state index contributed by atoms with van der Waals surface area (Å²) in [7, 11) is 0. The molecule has 1 aliphatic heterocycles. The van der Waals surface area contributed by atoms with Crippen LogP contribution < -0.4 is 0 Å². The third-order valence-electron chi connectivity index (χ3n) is 5.31. The highest BCUT2D eigenvalue weighted by atomic mass is 16.6. The summed E-state index contributed by atoms with van der Waals surface area (Å²) in [6.45, 7) is 0.405. The summed E-state index contributed by atoms with van der Waals surface area (Å²) < 4.78 is 4.90. The smallest absolute Gasteiger partial charge is 0.326 e.